The van der Waals surface area contributed by atoms with Gasteiger partial charge in [-0.15, -0.1) is 0 Å². The molecule has 1 saturated heterocycles. The van der Waals surface area contributed by atoms with Crippen LogP contribution >= 0.6 is 0 Å². The highest BCUT2D eigenvalue weighted by molar-refractivity contribution is 7.91. The molecule has 1 aromatic heterocycles. The van der Waals surface area contributed by atoms with Crippen molar-refractivity contribution in [3.63, 3.8) is 0 Å². The quantitative estimate of drug-likeness (QED) is 0.836. The standard InChI is InChI=1S/C17H25N3O3S/c1-2-19-12-15(11-18-19)16-13-24(22,23)10-9-20(16)17(21)14-7-5-3-4-6-8-14/h7,11-12,16H,2-6,8-10,13H2,1H3/t16-/m1/s1. The van der Waals surface area contributed by atoms with Crippen LogP contribution in [0.2, 0.25) is 0 Å². The molecule has 6 nitrogen and oxygen atoms in total. The largest absolute Gasteiger partial charge is 0.330 e. The topological polar surface area (TPSA) is 72.3 Å². The summed E-state index contributed by atoms with van der Waals surface area (Å²) in [6.45, 7) is 2.96. The first-order chi connectivity index (χ1) is 11.5. The molecule has 1 aliphatic carbocycles. The van der Waals surface area contributed by atoms with Gasteiger partial charge in [-0.1, -0.05) is 12.5 Å². The molecular weight excluding hydrogens is 326 g/mol. The van der Waals surface area contributed by atoms with Crippen LogP contribution in [0.4, 0.5) is 0 Å². The van der Waals surface area contributed by atoms with Crippen molar-refractivity contribution in [2.24, 2.45) is 0 Å². The second kappa shape index (κ2) is 7.09. The van der Waals surface area contributed by atoms with E-state index in [-0.39, 0.29) is 24.0 Å². The van der Waals surface area contributed by atoms with E-state index in [9.17, 15) is 13.2 Å². The smallest absolute Gasteiger partial charge is 0.250 e. The van der Waals surface area contributed by atoms with Gasteiger partial charge in [-0.3, -0.25) is 9.48 Å². The van der Waals surface area contributed by atoms with Crippen molar-refractivity contribution in [2.45, 2.75) is 51.6 Å². The minimum atomic E-state index is -3.13. The number of aromatic nitrogens is 2. The summed E-state index contributed by atoms with van der Waals surface area (Å²) in [4.78, 5) is 14.8. The normalized spacial score (nSPS) is 24.3. The summed E-state index contributed by atoms with van der Waals surface area (Å²) >= 11 is 0. The summed E-state index contributed by atoms with van der Waals surface area (Å²) in [6.07, 6.45) is 10.6. The van der Waals surface area contributed by atoms with Crippen LogP contribution in [0.3, 0.4) is 0 Å². The van der Waals surface area contributed by atoms with E-state index in [0.717, 1.165) is 49.8 Å². The number of aryl methyl sites for hydroxylation is 1. The highest BCUT2D eigenvalue weighted by atomic mass is 32.2. The fraction of sp³-hybridized carbons (Fsp3) is 0.647. The summed E-state index contributed by atoms with van der Waals surface area (Å²) in [5, 5.41) is 4.25. The van der Waals surface area contributed by atoms with Crippen LogP contribution < -0.4 is 0 Å². The Balaban J connectivity index is 1.88. The summed E-state index contributed by atoms with van der Waals surface area (Å²) in [6, 6.07) is -0.430. The highest BCUT2D eigenvalue weighted by Gasteiger charge is 2.36. The first-order valence-corrected chi connectivity index (χ1v) is 10.5. The summed E-state index contributed by atoms with van der Waals surface area (Å²) < 4.78 is 26.0. The van der Waals surface area contributed by atoms with E-state index in [0.29, 0.717) is 0 Å². The lowest BCUT2D eigenvalue weighted by Crippen LogP contribution is -2.46. The van der Waals surface area contributed by atoms with Gasteiger partial charge in [0.05, 0.1) is 23.7 Å². The van der Waals surface area contributed by atoms with Crippen molar-refractivity contribution in [1.82, 2.24) is 14.7 Å². The van der Waals surface area contributed by atoms with E-state index in [1.807, 2.05) is 19.2 Å². The lowest BCUT2D eigenvalue weighted by Gasteiger charge is -2.35. The predicted octanol–water partition coefficient (Wildman–Crippen LogP) is 2.09. The molecule has 0 spiro atoms. The number of hydrogen-bond donors (Lipinski definition) is 0. The van der Waals surface area contributed by atoms with Crippen molar-refractivity contribution in [3.05, 3.63) is 29.6 Å². The Kier molecular flexibility index (Phi) is 5.08. The second-order valence-electron chi connectivity index (χ2n) is 6.59. The summed E-state index contributed by atoms with van der Waals surface area (Å²) in [5.41, 5.74) is 1.65. The van der Waals surface area contributed by atoms with Crippen molar-refractivity contribution >= 4 is 15.7 Å². The van der Waals surface area contributed by atoms with E-state index in [4.69, 9.17) is 0 Å². The first kappa shape index (κ1) is 17.2. The third-order valence-corrected chi connectivity index (χ3v) is 6.50. The molecule has 0 N–H and O–H groups in total. The van der Waals surface area contributed by atoms with Crippen LogP contribution in [0.15, 0.2) is 24.0 Å². The Bertz CT molecular complexity index is 736. The van der Waals surface area contributed by atoms with Crippen LogP contribution in [0, 0.1) is 0 Å². The van der Waals surface area contributed by atoms with Crippen LogP contribution in [0.5, 0.6) is 0 Å². The van der Waals surface area contributed by atoms with E-state index >= 15 is 0 Å². The molecule has 0 aromatic carbocycles. The number of rotatable bonds is 3. The molecule has 3 rings (SSSR count). The van der Waals surface area contributed by atoms with Gasteiger partial charge in [0.2, 0.25) is 5.91 Å². The van der Waals surface area contributed by atoms with Gasteiger partial charge in [-0.05, 0) is 32.6 Å². The molecule has 1 fully saturated rings. The van der Waals surface area contributed by atoms with Gasteiger partial charge in [0.25, 0.3) is 0 Å². The van der Waals surface area contributed by atoms with Crippen LogP contribution in [-0.4, -0.2) is 47.1 Å². The maximum Gasteiger partial charge on any atom is 0.250 e. The first-order valence-electron chi connectivity index (χ1n) is 8.73. The van der Waals surface area contributed by atoms with Crippen molar-refractivity contribution in [3.8, 4) is 0 Å². The molecule has 7 heteroatoms. The number of nitrogens with zero attached hydrogens (tertiary/aromatic N) is 3. The Morgan fingerprint density at radius 1 is 1.33 bits per heavy atom. The second-order valence-corrected chi connectivity index (χ2v) is 8.82. The lowest BCUT2D eigenvalue weighted by atomic mass is 10.1. The molecule has 1 aliphatic heterocycles. The van der Waals surface area contributed by atoms with Crippen molar-refractivity contribution in [2.75, 3.05) is 18.1 Å². The summed E-state index contributed by atoms with van der Waals surface area (Å²) in [7, 11) is -3.13. The molecule has 2 aliphatic rings. The summed E-state index contributed by atoms with van der Waals surface area (Å²) in [5.74, 6) is 0.0346. The maximum absolute atomic E-state index is 13.0. The molecule has 0 unspecified atom stereocenters. The molecule has 0 radical (unpaired) electrons. The Labute approximate surface area is 143 Å². The van der Waals surface area contributed by atoms with Gasteiger partial charge in [-0.2, -0.15) is 5.10 Å². The molecule has 1 aromatic rings. The minimum Gasteiger partial charge on any atom is -0.330 e. The zero-order valence-corrected chi connectivity index (χ0v) is 15.0. The Morgan fingerprint density at radius 2 is 2.17 bits per heavy atom. The molecule has 0 saturated carbocycles. The third-order valence-electron chi connectivity index (χ3n) is 4.87. The lowest BCUT2D eigenvalue weighted by molar-refractivity contribution is -0.129. The Morgan fingerprint density at radius 3 is 2.92 bits per heavy atom. The van der Waals surface area contributed by atoms with Crippen LogP contribution in [0.25, 0.3) is 0 Å². The molecule has 24 heavy (non-hydrogen) atoms. The van der Waals surface area contributed by atoms with E-state index in [2.05, 4.69) is 5.10 Å². The Hall–Kier alpha value is -1.63. The van der Waals surface area contributed by atoms with E-state index in [1.54, 1.807) is 15.8 Å². The van der Waals surface area contributed by atoms with Gasteiger partial charge >= 0.3 is 0 Å². The minimum absolute atomic E-state index is 0.000971. The van der Waals surface area contributed by atoms with Gasteiger partial charge in [0.15, 0.2) is 9.84 Å². The van der Waals surface area contributed by atoms with Gasteiger partial charge in [0, 0.05) is 30.4 Å². The average molecular weight is 351 g/mol. The maximum atomic E-state index is 13.0. The van der Waals surface area contributed by atoms with Gasteiger partial charge < -0.3 is 4.90 Å². The average Bonchev–Trinajstić information content (AvgIpc) is 2.87. The number of sulfone groups is 1. The SMILES string of the molecule is CCn1cc([C@H]2CS(=O)(=O)CCN2C(=O)C2=CCCCCC2)cn1. The zero-order chi connectivity index (χ0) is 17.2. The van der Waals surface area contributed by atoms with E-state index < -0.39 is 15.9 Å². The number of amides is 1. The molecule has 1 atom stereocenters. The van der Waals surface area contributed by atoms with Crippen LogP contribution in [0.1, 0.15) is 50.6 Å². The van der Waals surface area contributed by atoms with Crippen LogP contribution in [-0.2, 0) is 21.2 Å². The number of hydrogen-bond acceptors (Lipinski definition) is 4. The van der Waals surface area contributed by atoms with Crippen molar-refractivity contribution < 1.29 is 13.2 Å². The molecular formula is C17H25N3O3S. The van der Waals surface area contributed by atoms with Gasteiger partial charge in [-0.25, -0.2) is 8.42 Å². The molecule has 132 valence electrons. The third kappa shape index (κ3) is 3.71. The van der Waals surface area contributed by atoms with E-state index in [1.165, 1.54) is 0 Å². The monoisotopic (exact) mass is 351 g/mol. The van der Waals surface area contributed by atoms with Crippen molar-refractivity contribution in [1.29, 1.82) is 0 Å². The number of carbonyl (C=O) groups excluding carboxylic acids is 1. The zero-order valence-electron chi connectivity index (χ0n) is 14.1. The molecule has 1 amide bonds. The van der Waals surface area contributed by atoms with Gasteiger partial charge in [0.1, 0.15) is 0 Å². The fourth-order valence-corrected chi connectivity index (χ4v) is 4.94. The predicted molar refractivity (Wildman–Crippen MR) is 92.2 cm³/mol. The highest BCUT2D eigenvalue weighted by Crippen LogP contribution is 2.30. The number of carbonyl (C=O) groups is 1. The fourth-order valence-electron chi connectivity index (χ4n) is 3.44. The number of allylic oxidation sites excluding steroid dienone is 1. The molecule has 2 heterocycles. The molecule has 0 bridgehead atoms.